The molecular weight excluding hydrogens is 903 g/mol. The summed E-state index contributed by atoms with van der Waals surface area (Å²) in [5.41, 5.74) is 3.40. The molecule has 21 heteroatoms. The third-order valence-corrected chi connectivity index (χ3v) is 13.3. The minimum atomic E-state index is -3.71. The number of sulfonamides is 2. The van der Waals surface area contributed by atoms with Crippen molar-refractivity contribution < 1.29 is 43.2 Å². The Morgan fingerprint density at radius 1 is 0.606 bits per heavy atom. The molecule has 0 spiro atoms. The molecule has 15 nitrogen and oxygen atoms in total. The van der Waals surface area contributed by atoms with E-state index in [1.54, 1.807) is 109 Å². The first-order chi connectivity index (χ1) is 31.8. The van der Waals surface area contributed by atoms with Crippen molar-refractivity contribution >= 4 is 37.2 Å². The van der Waals surface area contributed by atoms with Crippen LogP contribution in [0.3, 0.4) is 0 Å². The van der Waals surface area contributed by atoms with Gasteiger partial charge in [0.15, 0.2) is 0 Å². The molecule has 0 radical (unpaired) electrons. The highest BCUT2D eigenvalue weighted by Gasteiger charge is 2.26. The smallest absolute Gasteiger partial charge is 0.314 e. The summed E-state index contributed by atoms with van der Waals surface area (Å²) in [6, 6.07) is 36.7. The van der Waals surface area contributed by atoms with Gasteiger partial charge in [0.05, 0.1) is 30.2 Å². The molecule has 3 aromatic heterocycles. The third-order valence-electron chi connectivity index (χ3n) is 10.3. The largest absolute Gasteiger partial charge is 0.415 e. The van der Waals surface area contributed by atoms with Crippen molar-refractivity contribution in [3.05, 3.63) is 168 Å². The quantitative estimate of drug-likeness (QED) is 0.0798. The van der Waals surface area contributed by atoms with Gasteiger partial charge in [-0.3, -0.25) is 13.5 Å². The lowest BCUT2D eigenvalue weighted by Gasteiger charge is -2.35. The van der Waals surface area contributed by atoms with Crippen molar-refractivity contribution in [2.24, 2.45) is 0 Å². The number of anilines is 3. The summed E-state index contributed by atoms with van der Waals surface area (Å²) < 4.78 is 115. The molecule has 4 heterocycles. The lowest BCUT2D eigenvalue weighted by Crippen LogP contribution is -2.48. The molecule has 0 amide bonds. The molecule has 4 aromatic carbocycles. The number of nitrogens with zero attached hydrogens (tertiary/aromatic N) is 9. The molecule has 7 aromatic rings. The van der Waals surface area contributed by atoms with E-state index in [9.17, 15) is 34.4 Å². The lowest BCUT2D eigenvalue weighted by molar-refractivity contribution is 0.115. The summed E-state index contributed by atoms with van der Waals surface area (Å²) in [6.07, 6.45) is -3.91. The van der Waals surface area contributed by atoms with Crippen LogP contribution in [0.2, 0.25) is 0 Å². The number of halogens is 4. The second-order valence-corrected chi connectivity index (χ2v) is 18.4. The van der Waals surface area contributed by atoms with E-state index in [-0.39, 0.29) is 30.6 Å². The Hall–Kier alpha value is -6.97. The van der Waals surface area contributed by atoms with Gasteiger partial charge in [-0.1, -0.05) is 73.3 Å². The maximum Gasteiger partial charge on any atom is 0.314 e. The molecule has 66 heavy (non-hydrogen) atoms. The van der Waals surface area contributed by atoms with E-state index in [0.29, 0.717) is 34.6 Å². The third kappa shape index (κ3) is 12.0. The summed E-state index contributed by atoms with van der Waals surface area (Å²) in [4.78, 5) is 8.76. The Morgan fingerprint density at radius 2 is 1.08 bits per heavy atom. The fraction of sp³-hybridized carbons (Fsp3) is 0.222. The average Bonchev–Trinajstić information content (AvgIpc) is 4.06. The van der Waals surface area contributed by atoms with Gasteiger partial charge in [0.2, 0.25) is 21.8 Å². The second-order valence-electron chi connectivity index (χ2n) is 14.6. The SMILES string of the molecule is C=CS(=O)(=O)N(Cc1ccc(-c2nnc(C(F)F)o2)cc1)c1ccccc1.O=S(=O)(CCN1CCN(c2ccccn2)CC1)N(Cc1ccc(-c2nnc(C(F)F)o2)cc1)c1ccccc1. The summed E-state index contributed by atoms with van der Waals surface area (Å²) >= 11 is 0. The molecule has 1 saturated heterocycles. The number of benzene rings is 4. The van der Waals surface area contributed by atoms with Gasteiger partial charge in [-0.15, -0.1) is 20.4 Å². The van der Waals surface area contributed by atoms with Gasteiger partial charge in [0, 0.05) is 55.5 Å². The highest BCUT2D eigenvalue weighted by Crippen LogP contribution is 2.28. The Bertz CT molecular complexity index is 2850. The number of hydrogen-bond acceptors (Lipinski definition) is 13. The van der Waals surface area contributed by atoms with Crippen molar-refractivity contribution in [1.82, 2.24) is 30.3 Å². The standard InChI is InChI=1S/C27H28F2N6O3S.C18H15F2N3O3S/c28-25(29)27-32-31-26(38-27)22-11-9-21(10-12-22)20-35(23-6-2-1-3-7-23)39(36,37)19-18-33-14-16-34(17-15-33)24-8-4-5-13-30-24;1-2-27(24,25)23(15-6-4-3-5-7-15)12-13-8-10-14(11-9-13)17-21-22-18(26-17)16(19)20/h1-13,25H,14-20H2;2-11,16H,1,12H2. The van der Waals surface area contributed by atoms with Gasteiger partial charge >= 0.3 is 12.9 Å². The topological polar surface area (TPSA) is 172 Å². The summed E-state index contributed by atoms with van der Waals surface area (Å²) in [6.45, 7) is 7.05. The molecule has 0 N–H and O–H groups in total. The molecule has 0 bridgehead atoms. The van der Waals surface area contributed by atoms with Crippen LogP contribution in [0.25, 0.3) is 22.9 Å². The van der Waals surface area contributed by atoms with E-state index in [1.165, 1.54) is 8.61 Å². The number of alkyl halides is 4. The number of aromatic nitrogens is 5. The molecule has 0 saturated carbocycles. The van der Waals surface area contributed by atoms with E-state index >= 15 is 0 Å². The Balaban J connectivity index is 0.000000210. The number of para-hydroxylation sites is 2. The van der Waals surface area contributed by atoms with Crippen LogP contribution in [0.1, 0.15) is 35.8 Å². The highest BCUT2D eigenvalue weighted by atomic mass is 32.2. The van der Waals surface area contributed by atoms with Gasteiger partial charge in [-0.2, -0.15) is 17.6 Å². The number of hydrogen-bond donors (Lipinski definition) is 0. The van der Waals surface area contributed by atoms with Crippen LogP contribution in [0.15, 0.2) is 154 Å². The van der Waals surface area contributed by atoms with E-state index in [2.05, 4.69) is 41.8 Å². The predicted octanol–water partition coefficient (Wildman–Crippen LogP) is 8.38. The molecule has 0 aliphatic carbocycles. The van der Waals surface area contributed by atoms with E-state index in [4.69, 9.17) is 8.83 Å². The lowest BCUT2D eigenvalue weighted by atomic mass is 10.1. The zero-order valence-corrected chi connectivity index (χ0v) is 36.7. The van der Waals surface area contributed by atoms with Crippen LogP contribution in [0.4, 0.5) is 34.8 Å². The van der Waals surface area contributed by atoms with Crippen molar-refractivity contribution in [3.8, 4) is 22.9 Å². The monoisotopic (exact) mass is 945 g/mol. The van der Waals surface area contributed by atoms with Crippen LogP contribution in [0, 0.1) is 0 Å². The van der Waals surface area contributed by atoms with E-state index < -0.39 is 44.7 Å². The van der Waals surface area contributed by atoms with Gasteiger partial charge in [0.1, 0.15) is 5.82 Å². The number of pyridine rings is 1. The van der Waals surface area contributed by atoms with Gasteiger partial charge < -0.3 is 13.7 Å². The Morgan fingerprint density at radius 3 is 1.52 bits per heavy atom. The molecule has 1 aliphatic heterocycles. The first-order valence-electron chi connectivity index (χ1n) is 20.4. The second kappa shape index (κ2) is 21.3. The fourth-order valence-electron chi connectivity index (χ4n) is 6.77. The van der Waals surface area contributed by atoms with Crippen LogP contribution in [-0.4, -0.2) is 85.6 Å². The van der Waals surface area contributed by atoms with Crippen molar-refractivity contribution in [2.45, 2.75) is 25.9 Å². The zero-order chi connectivity index (χ0) is 46.7. The number of piperazine rings is 1. The number of rotatable bonds is 17. The highest BCUT2D eigenvalue weighted by molar-refractivity contribution is 7.95. The van der Waals surface area contributed by atoms with Crippen molar-refractivity contribution in [3.63, 3.8) is 0 Å². The first-order valence-corrected chi connectivity index (χ1v) is 23.5. The average molecular weight is 946 g/mol. The molecule has 8 rings (SSSR count). The van der Waals surface area contributed by atoms with Crippen molar-refractivity contribution in [2.75, 3.05) is 52.0 Å². The molecule has 1 aliphatic rings. The first kappa shape index (κ1) is 47.0. The van der Waals surface area contributed by atoms with Crippen LogP contribution in [0.5, 0.6) is 0 Å². The van der Waals surface area contributed by atoms with Gasteiger partial charge in [0.25, 0.3) is 21.8 Å². The minimum absolute atomic E-state index is 0.0208. The van der Waals surface area contributed by atoms with Crippen LogP contribution >= 0.6 is 0 Å². The molecule has 1 fully saturated rings. The Kier molecular flexibility index (Phi) is 15.2. The van der Waals surface area contributed by atoms with Crippen molar-refractivity contribution in [1.29, 1.82) is 0 Å². The van der Waals surface area contributed by atoms with Gasteiger partial charge in [-0.05, 0) is 71.8 Å². The molecule has 0 unspecified atom stereocenters. The molecule has 344 valence electrons. The summed E-state index contributed by atoms with van der Waals surface area (Å²) in [7, 11) is -7.37. The van der Waals surface area contributed by atoms with Gasteiger partial charge in [-0.25, -0.2) is 21.8 Å². The van der Waals surface area contributed by atoms with E-state index in [1.807, 2.05) is 24.3 Å². The fourth-order valence-corrected chi connectivity index (χ4v) is 9.19. The summed E-state index contributed by atoms with van der Waals surface area (Å²) in [5, 5.41) is 14.8. The van der Waals surface area contributed by atoms with Crippen LogP contribution < -0.4 is 13.5 Å². The predicted molar refractivity (Wildman–Crippen MR) is 240 cm³/mol. The summed E-state index contributed by atoms with van der Waals surface area (Å²) in [5.74, 6) is -0.639. The zero-order valence-electron chi connectivity index (χ0n) is 35.1. The van der Waals surface area contributed by atoms with Crippen LogP contribution in [-0.2, 0) is 33.1 Å². The Labute approximate surface area is 378 Å². The van der Waals surface area contributed by atoms with E-state index in [0.717, 1.165) is 43.0 Å². The normalized spacial score (nSPS) is 13.3. The maximum absolute atomic E-state index is 13.6. The minimum Gasteiger partial charge on any atom is -0.415 e. The molecular formula is C45H43F4N9O6S2. The molecule has 0 atom stereocenters. The maximum atomic E-state index is 13.6.